The summed E-state index contributed by atoms with van der Waals surface area (Å²) >= 11 is 0. The number of aryl methyl sites for hydroxylation is 1. The van der Waals surface area contributed by atoms with Crippen molar-refractivity contribution >= 4 is 11.9 Å². The highest BCUT2D eigenvalue weighted by Crippen LogP contribution is 2.37. The van der Waals surface area contributed by atoms with Crippen LogP contribution in [0.4, 0.5) is 11.9 Å². The van der Waals surface area contributed by atoms with Gasteiger partial charge in [0, 0.05) is 48.3 Å². The van der Waals surface area contributed by atoms with Crippen LogP contribution < -0.4 is 20.5 Å². The smallest absolute Gasteiger partial charge is 0.245 e. The van der Waals surface area contributed by atoms with Gasteiger partial charge in [-0.05, 0) is 88.0 Å². The van der Waals surface area contributed by atoms with E-state index >= 15 is 0 Å². The molecule has 0 atom stereocenters. The van der Waals surface area contributed by atoms with E-state index < -0.39 is 0 Å². The minimum absolute atomic E-state index is 0.00722. The lowest BCUT2D eigenvalue weighted by atomic mass is 9.78. The molecule has 0 unspecified atom stereocenters. The fourth-order valence-electron chi connectivity index (χ4n) is 7.17. The molecule has 9 nitrogen and oxygen atoms in total. The average Bonchev–Trinajstić information content (AvgIpc) is 2.69. The fourth-order valence-corrected chi connectivity index (χ4v) is 7.17. The van der Waals surface area contributed by atoms with Crippen molar-refractivity contribution in [2.24, 2.45) is 0 Å². The van der Waals surface area contributed by atoms with Crippen molar-refractivity contribution in [3.63, 3.8) is 0 Å². The Kier molecular flexibility index (Phi) is 7.36. The van der Waals surface area contributed by atoms with Gasteiger partial charge in [0.05, 0.1) is 19.3 Å². The zero-order valence-electron chi connectivity index (χ0n) is 24.4. The lowest BCUT2D eigenvalue weighted by Crippen LogP contribution is -2.68. The average molecular weight is 503 g/mol. The Morgan fingerprint density at radius 1 is 0.750 bits per heavy atom. The number of rotatable bonds is 5. The number of nitrogens with one attached hydrogen (secondary N) is 2. The van der Waals surface area contributed by atoms with Crippen LogP contribution in [0.2, 0.25) is 0 Å². The molecule has 0 aliphatic carbocycles. The predicted molar refractivity (Wildman–Crippen MR) is 146 cm³/mol. The first-order valence-corrected chi connectivity index (χ1v) is 13.7. The van der Waals surface area contributed by atoms with Gasteiger partial charge in [-0.1, -0.05) is 0 Å². The molecule has 0 bridgehead atoms. The van der Waals surface area contributed by atoms with E-state index in [2.05, 4.69) is 88.0 Å². The van der Waals surface area contributed by atoms with Crippen LogP contribution in [-0.2, 0) is 4.74 Å². The van der Waals surface area contributed by atoms with E-state index in [1.165, 1.54) is 0 Å². The van der Waals surface area contributed by atoms with Crippen LogP contribution in [0.25, 0.3) is 0 Å². The Balaban J connectivity index is 1.75. The zero-order valence-corrected chi connectivity index (χ0v) is 24.4. The van der Waals surface area contributed by atoms with Crippen LogP contribution in [0.15, 0.2) is 0 Å². The molecule has 4 rings (SSSR count). The first-order valence-electron chi connectivity index (χ1n) is 13.7. The van der Waals surface area contributed by atoms with E-state index in [-0.39, 0.29) is 28.2 Å². The minimum atomic E-state index is 0.00722. The number of hydrogen-bond acceptors (Lipinski definition) is 9. The monoisotopic (exact) mass is 502 g/mol. The quantitative estimate of drug-likeness (QED) is 0.590. The lowest BCUT2D eigenvalue weighted by molar-refractivity contribution is 0.0503. The van der Waals surface area contributed by atoms with E-state index in [0.29, 0.717) is 19.3 Å². The van der Waals surface area contributed by atoms with Gasteiger partial charge >= 0.3 is 0 Å². The largest absolute Gasteiger partial charge is 0.378 e. The topological polar surface area (TPSA) is 81.7 Å². The highest BCUT2D eigenvalue weighted by molar-refractivity contribution is 5.40. The lowest BCUT2D eigenvalue weighted by Gasteiger charge is -2.55. The van der Waals surface area contributed by atoms with Crippen LogP contribution in [0.3, 0.4) is 0 Å². The van der Waals surface area contributed by atoms with Crippen molar-refractivity contribution in [3.8, 4) is 0 Å². The van der Waals surface area contributed by atoms with E-state index in [9.17, 15) is 0 Å². The van der Waals surface area contributed by atoms with Crippen molar-refractivity contribution in [3.05, 3.63) is 5.82 Å². The summed E-state index contributed by atoms with van der Waals surface area (Å²) in [4.78, 5) is 17.0. The van der Waals surface area contributed by atoms with Crippen LogP contribution >= 0.6 is 0 Å². The van der Waals surface area contributed by atoms with Crippen molar-refractivity contribution < 1.29 is 4.74 Å². The Morgan fingerprint density at radius 3 is 1.72 bits per heavy atom. The maximum atomic E-state index is 5.58. The van der Waals surface area contributed by atoms with Gasteiger partial charge in [0.2, 0.25) is 11.9 Å². The number of hydrazine groups is 1. The fraction of sp³-hybridized carbons (Fsp3) is 0.889. The maximum absolute atomic E-state index is 5.58. The molecule has 3 aliphatic rings. The molecule has 1 aromatic heterocycles. The van der Waals surface area contributed by atoms with Gasteiger partial charge in [-0.2, -0.15) is 15.0 Å². The summed E-state index contributed by atoms with van der Waals surface area (Å²) in [6.45, 7) is 23.5. The Labute approximate surface area is 218 Å². The van der Waals surface area contributed by atoms with Crippen molar-refractivity contribution in [2.45, 2.75) is 122 Å². The van der Waals surface area contributed by atoms with Gasteiger partial charge < -0.3 is 20.3 Å². The van der Waals surface area contributed by atoms with Crippen LogP contribution in [0, 0.1) is 6.92 Å². The molecule has 3 saturated heterocycles. The summed E-state index contributed by atoms with van der Waals surface area (Å²) in [5.41, 5.74) is 0.112. The molecule has 3 aliphatic heterocycles. The highest BCUT2D eigenvalue weighted by atomic mass is 16.5. The van der Waals surface area contributed by atoms with E-state index in [1.807, 2.05) is 6.92 Å². The summed E-state index contributed by atoms with van der Waals surface area (Å²) in [6, 6.07) is 0.628. The second-order valence-corrected chi connectivity index (χ2v) is 13.9. The number of nitrogens with zero attached hydrogens (tertiary/aromatic N) is 6. The van der Waals surface area contributed by atoms with Gasteiger partial charge in [-0.25, -0.2) is 5.01 Å². The standard InChI is InChI=1S/C27H50N8O/c1-19-28-22(34-11-13-36-14-12-34)30-23(29-19)35(21-17-26(6,7)32-27(8,9)18-21)33(10)20-15-24(2,3)31-25(4,5)16-20/h20-21,31-32H,11-18H2,1-10H3. The second-order valence-electron chi connectivity index (χ2n) is 13.9. The third-order valence-corrected chi connectivity index (χ3v) is 7.77. The van der Waals surface area contributed by atoms with Gasteiger partial charge in [0.1, 0.15) is 5.82 Å². The van der Waals surface area contributed by atoms with Crippen LogP contribution in [-0.4, -0.2) is 87.6 Å². The number of aromatic nitrogens is 3. The maximum Gasteiger partial charge on any atom is 0.245 e. The number of anilines is 2. The first-order chi connectivity index (χ1) is 16.5. The molecule has 3 fully saturated rings. The summed E-state index contributed by atoms with van der Waals surface area (Å²) in [6.07, 6.45) is 4.13. The third-order valence-electron chi connectivity index (χ3n) is 7.77. The predicted octanol–water partition coefficient (Wildman–Crippen LogP) is 3.29. The van der Waals surface area contributed by atoms with Crippen LogP contribution in [0.1, 0.15) is 86.9 Å². The zero-order chi connectivity index (χ0) is 26.5. The molecule has 0 aromatic carbocycles. The molecule has 0 radical (unpaired) electrons. The van der Waals surface area contributed by atoms with Crippen molar-refractivity contribution in [1.29, 1.82) is 0 Å². The highest BCUT2D eigenvalue weighted by Gasteiger charge is 2.46. The number of piperidine rings is 2. The molecular weight excluding hydrogens is 452 g/mol. The molecule has 0 spiro atoms. The number of hydrogen-bond donors (Lipinski definition) is 2. The summed E-state index contributed by atoms with van der Waals surface area (Å²) in [7, 11) is 2.25. The minimum Gasteiger partial charge on any atom is -0.378 e. The second kappa shape index (κ2) is 9.64. The number of morpholine rings is 1. The van der Waals surface area contributed by atoms with Gasteiger partial charge in [0.15, 0.2) is 0 Å². The Bertz CT molecular complexity index is 892. The molecule has 9 heteroatoms. The summed E-state index contributed by atoms with van der Waals surface area (Å²) < 4.78 is 5.58. The van der Waals surface area contributed by atoms with Gasteiger partial charge in [-0.3, -0.25) is 5.01 Å². The molecular formula is C27H50N8O. The Hall–Kier alpha value is -1.55. The van der Waals surface area contributed by atoms with E-state index in [1.54, 1.807) is 0 Å². The summed E-state index contributed by atoms with van der Waals surface area (Å²) in [5.74, 6) is 2.29. The first kappa shape index (κ1) is 27.5. The Morgan fingerprint density at radius 2 is 1.22 bits per heavy atom. The van der Waals surface area contributed by atoms with E-state index in [0.717, 1.165) is 56.5 Å². The molecule has 2 N–H and O–H groups in total. The van der Waals surface area contributed by atoms with Gasteiger partial charge in [-0.15, -0.1) is 0 Å². The van der Waals surface area contributed by atoms with Crippen molar-refractivity contribution in [1.82, 2.24) is 30.6 Å². The molecule has 204 valence electrons. The SMILES string of the molecule is Cc1nc(N2CCOCC2)nc(N(C2CC(C)(C)NC(C)(C)C2)N(C)C2CC(C)(C)NC(C)(C)C2)n1. The third kappa shape index (κ3) is 6.47. The molecule has 36 heavy (non-hydrogen) atoms. The molecule has 0 amide bonds. The summed E-state index contributed by atoms with van der Waals surface area (Å²) in [5, 5.41) is 12.6. The van der Waals surface area contributed by atoms with Crippen molar-refractivity contribution in [2.75, 3.05) is 43.3 Å². The molecule has 4 heterocycles. The van der Waals surface area contributed by atoms with Crippen LogP contribution in [0.5, 0.6) is 0 Å². The molecule has 0 saturated carbocycles. The van der Waals surface area contributed by atoms with E-state index in [4.69, 9.17) is 19.7 Å². The normalized spacial score (nSPS) is 26.2. The van der Waals surface area contributed by atoms with Gasteiger partial charge in [0.25, 0.3) is 0 Å². The molecule has 1 aromatic rings. The number of ether oxygens (including phenoxy) is 1.